The van der Waals surface area contributed by atoms with Crippen LogP contribution in [0.5, 0.6) is 0 Å². The highest BCUT2D eigenvalue weighted by molar-refractivity contribution is 5.93. The molecule has 0 fully saturated rings. The number of aliphatic imine (C=N–C) groups is 2. The maximum atomic E-state index is 5.62. The first-order valence-electron chi connectivity index (χ1n) is 6.35. The van der Waals surface area contributed by atoms with Crippen LogP contribution in [0.1, 0.15) is 25.2 Å². The first-order valence-corrected chi connectivity index (χ1v) is 6.35. The molecule has 4 N–H and O–H groups in total. The average molecular weight is 267 g/mol. The highest BCUT2D eigenvalue weighted by Gasteiger charge is 2.00. The maximum absolute atomic E-state index is 5.62. The summed E-state index contributed by atoms with van der Waals surface area (Å²) >= 11 is 0. The number of nitrogens with zero attached hydrogens (tertiary/aromatic N) is 3. The van der Waals surface area contributed by atoms with E-state index >= 15 is 0 Å². The summed E-state index contributed by atoms with van der Waals surface area (Å²) < 4.78 is 5.18. The molecule has 0 aliphatic heterocycles. The Morgan fingerprint density at radius 2 is 1.95 bits per heavy atom. The Labute approximate surface area is 115 Å². The first kappa shape index (κ1) is 17.0. The molecule has 0 radical (unpaired) electrons. The number of hydrogen-bond acceptors (Lipinski definition) is 2. The molecule has 6 nitrogen and oxygen atoms in total. The molecule has 0 atom stereocenters. The summed E-state index contributed by atoms with van der Waals surface area (Å²) in [7, 11) is 3.59. The predicted molar refractivity (Wildman–Crippen MR) is 80.3 cm³/mol. The van der Waals surface area contributed by atoms with Crippen molar-refractivity contribution in [3.05, 3.63) is 23.7 Å². The highest BCUT2D eigenvalue weighted by Crippen LogP contribution is 2.08. The quantitative estimate of drug-likeness (QED) is 0.638. The van der Waals surface area contributed by atoms with Crippen LogP contribution in [0.15, 0.2) is 26.7 Å². The summed E-state index contributed by atoms with van der Waals surface area (Å²) in [4.78, 5) is 9.73. The van der Waals surface area contributed by atoms with Crippen molar-refractivity contribution in [2.45, 2.75) is 27.2 Å². The van der Waals surface area contributed by atoms with Crippen LogP contribution >= 0.6 is 0 Å². The van der Waals surface area contributed by atoms with E-state index in [1.54, 1.807) is 25.3 Å². The van der Waals surface area contributed by atoms with E-state index in [9.17, 15) is 0 Å². The highest BCUT2D eigenvalue weighted by atomic mass is 16.3. The van der Waals surface area contributed by atoms with E-state index in [-0.39, 0.29) is 5.96 Å². The van der Waals surface area contributed by atoms with Crippen molar-refractivity contribution < 1.29 is 4.42 Å². The van der Waals surface area contributed by atoms with E-state index < -0.39 is 0 Å². The van der Waals surface area contributed by atoms with Crippen molar-refractivity contribution >= 4 is 11.9 Å². The summed E-state index contributed by atoms with van der Waals surface area (Å²) in [6.45, 7) is 6.49. The Bertz CT molecular complexity index is 420. The molecule has 0 aromatic carbocycles. The molecule has 1 heterocycles. The van der Waals surface area contributed by atoms with Gasteiger partial charge >= 0.3 is 0 Å². The van der Waals surface area contributed by atoms with Gasteiger partial charge in [-0.3, -0.25) is 4.99 Å². The molecule has 0 saturated heterocycles. The van der Waals surface area contributed by atoms with E-state index in [2.05, 4.69) is 9.98 Å². The van der Waals surface area contributed by atoms with E-state index in [4.69, 9.17) is 15.9 Å². The van der Waals surface area contributed by atoms with Gasteiger partial charge in [0.2, 0.25) is 5.96 Å². The van der Waals surface area contributed by atoms with Crippen molar-refractivity contribution in [1.29, 1.82) is 0 Å². The number of aryl methyl sites for hydroxylation is 1. The van der Waals surface area contributed by atoms with Gasteiger partial charge in [0.05, 0.1) is 6.26 Å². The maximum Gasteiger partial charge on any atom is 0.218 e. The summed E-state index contributed by atoms with van der Waals surface area (Å²) in [5.74, 6) is 1.44. The summed E-state index contributed by atoms with van der Waals surface area (Å²) in [5.41, 5.74) is 12.4. The van der Waals surface area contributed by atoms with Gasteiger partial charge in [0.25, 0.3) is 0 Å². The second-order valence-corrected chi connectivity index (χ2v) is 3.86. The Morgan fingerprint density at radius 3 is 2.42 bits per heavy atom. The Hall–Kier alpha value is -1.98. The lowest BCUT2D eigenvalue weighted by Gasteiger charge is -2.09. The predicted octanol–water partition coefficient (Wildman–Crippen LogP) is 1.35. The molecule has 0 amide bonds. The fourth-order valence-electron chi connectivity index (χ4n) is 1.21. The van der Waals surface area contributed by atoms with Gasteiger partial charge in [-0.1, -0.05) is 13.8 Å². The molecule has 0 aliphatic rings. The molecule has 108 valence electrons. The Morgan fingerprint density at radius 1 is 1.32 bits per heavy atom. The summed E-state index contributed by atoms with van der Waals surface area (Å²) in [5, 5.41) is 0. The van der Waals surface area contributed by atoms with Gasteiger partial charge < -0.3 is 20.8 Å². The Kier molecular flexibility index (Phi) is 8.08. The largest absolute Gasteiger partial charge is 0.469 e. The lowest BCUT2D eigenvalue weighted by atomic mass is 10.2. The third-order valence-corrected chi connectivity index (χ3v) is 2.31. The van der Waals surface area contributed by atoms with Crippen molar-refractivity contribution in [3.63, 3.8) is 0 Å². The normalized spacial score (nSPS) is 11.8. The lowest BCUT2D eigenvalue weighted by Crippen LogP contribution is -2.32. The van der Waals surface area contributed by atoms with Gasteiger partial charge in [0.15, 0.2) is 5.96 Å². The van der Waals surface area contributed by atoms with Crippen LogP contribution < -0.4 is 11.5 Å². The molecular formula is C13H25N5O. The molecule has 0 aliphatic carbocycles. The summed E-state index contributed by atoms with van der Waals surface area (Å²) in [6.07, 6.45) is 2.44. The zero-order valence-electron chi connectivity index (χ0n) is 12.5. The molecule has 6 heteroatoms. The first-order chi connectivity index (χ1) is 9.00. The topological polar surface area (TPSA) is 93.1 Å². The van der Waals surface area contributed by atoms with Crippen LogP contribution in [-0.4, -0.2) is 37.5 Å². The number of hydrogen-bond donors (Lipinski definition) is 2. The zero-order valence-corrected chi connectivity index (χ0v) is 12.5. The van der Waals surface area contributed by atoms with E-state index in [0.29, 0.717) is 12.5 Å². The monoisotopic (exact) mass is 267 g/mol. The molecule has 0 unspecified atom stereocenters. The van der Waals surface area contributed by atoms with E-state index in [1.165, 1.54) is 0 Å². The number of rotatable bonds is 3. The van der Waals surface area contributed by atoms with Crippen LogP contribution in [-0.2, 0) is 6.42 Å². The van der Waals surface area contributed by atoms with Crippen molar-refractivity contribution in [3.8, 4) is 0 Å². The van der Waals surface area contributed by atoms with Crippen molar-refractivity contribution in [1.82, 2.24) is 4.90 Å². The minimum Gasteiger partial charge on any atom is -0.469 e. The van der Waals surface area contributed by atoms with Gasteiger partial charge in [-0.05, 0) is 25.0 Å². The van der Waals surface area contributed by atoms with Crippen LogP contribution in [0.25, 0.3) is 0 Å². The fraction of sp³-hybridized carbons (Fsp3) is 0.538. The van der Waals surface area contributed by atoms with Gasteiger partial charge in [0, 0.05) is 20.6 Å². The molecule has 0 bridgehead atoms. The third kappa shape index (κ3) is 6.49. The van der Waals surface area contributed by atoms with Gasteiger partial charge in [-0.15, -0.1) is 0 Å². The van der Waals surface area contributed by atoms with Crippen LogP contribution in [0.2, 0.25) is 0 Å². The molecule has 1 aromatic rings. The fourth-order valence-corrected chi connectivity index (χ4v) is 1.21. The van der Waals surface area contributed by atoms with E-state index in [0.717, 1.165) is 17.7 Å². The number of furan rings is 1. The zero-order chi connectivity index (χ0) is 14.8. The molecule has 1 rings (SSSR count). The Balaban J connectivity index is 0.00000154. The smallest absolute Gasteiger partial charge is 0.218 e. The second kappa shape index (κ2) is 9.02. The van der Waals surface area contributed by atoms with Crippen LogP contribution in [0.4, 0.5) is 0 Å². The van der Waals surface area contributed by atoms with Gasteiger partial charge in [-0.25, -0.2) is 0 Å². The molecular weight excluding hydrogens is 242 g/mol. The number of nitrogens with two attached hydrogens (primary N) is 2. The minimum absolute atomic E-state index is 0.192. The van der Waals surface area contributed by atoms with Crippen molar-refractivity contribution in [2.75, 3.05) is 20.6 Å². The minimum atomic E-state index is 0.192. The van der Waals surface area contributed by atoms with Gasteiger partial charge in [0.1, 0.15) is 5.76 Å². The summed E-state index contributed by atoms with van der Waals surface area (Å²) in [6, 6.07) is 1.93. The standard InChI is InChI=1S/C11H19N5O.C2H6/c1-8-9(5-7-17-8)4-6-14-10(12)15-11(13)16(2)3;1-2/h5,7H,4,6H2,1-3H3,(H4,12,13,14,15);1-2H3. The van der Waals surface area contributed by atoms with Crippen LogP contribution in [0, 0.1) is 6.92 Å². The molecule has 0 spiro atoms. The van der Waals surface area contributed by atoms with Gasteiger partial charge in [-0.2, -0.15) is 4.99 Å². The molecule has 19 heavy (non-hydrogen) atoms. The number of guanidine groups is 2. The average Bonchev–Trinajstić information content (AvgIpc) is 2.77. The van der Waals surface area contributed by atoms with E-state index in [1.807, 2.05) is 26.8 Å². The van der Waals surface area contributed by atoms with Crippen molar-refractivity contribution in [2.24, 2.45) is 21.5 Å². The second-order valence-electron chi connectivity index (χ2n) is 3.86. The van der Waals surface area contributed by atoms with Crippen LogP contribution in [0.3, 0.4) is 0 Å². The molecule has 1 aromatic heterocycles. The molecule has 0 saturated carbocycles. The SMILES string of the molecule is CC.Cc1occc1CCN=C(N)/N=C(\N)N(C)C. The third-order valence-electron chi connectivity index (χ3n) is 2.31. The lowest BCUT2D eigenvalue weighted by molar-refractivity contribution is 0.530.